The Morgan fingerprint density at radius 1 is 0.682 bits per heavy atom. The summed E-state index contributed by atoms with van der Waals surface area (Å²) in [4.78, 5) is 22.1. The zero-order valence-electron chi connectivity index (χ0n) is 11.3. The molecule has 10 nitrogen and oxygen atoms in total. The first-order chi connectivity index (χ1) is 9.83. The third-order valence-corrected chi connectivity index (χ3v) is 4.15. The van der Waals surface area contributed by atoms with E-state index in [2.05, 4.69) is 0 Å². The van der Waals surface area contributed by atoms with Crippen molar-refractivity contribution in [3.8, 4) is 0 Å². The van der Waals surface area contributed by atoms with Crippen molar-refractivity contribution in [2.45, 2.75) is 25.7 Å². The van der Waals surface area contributed by atoms with Crippen LogP contribution in [0.5, 0.6) is 0 Å². The Bertz CT molecular complexity index is 598. The molecule has 0 heterocycles. The molecule has 0 aliphatic rings. The van der Waals surface area contributed by atoms with Gasteiger partial charge in [0.2, 0.25) is 0 Å². The van der Waals surface area contributed by atoms with Gasteiger partial charge in [-0.2, -0.15) is 16.8 Å². The third-order valence-electron chi connectivity index (χ3n) is 2.54. The summed E-state index contributed by atoms with van der Waals surface area (Å²) in [6, 6.07) is 0. The lowest BCUT2D eigenvalue weighted by atomic mass is 10.00. The van der Waals surface area contributed by atoms with Crippen LogP contribution in [0.3, 0.4) is 0 Å². The Morgan fingerprint density at radius 3 is 1.14 bits per heavy atom. The van der Waals surface area contributed by atoms with Crippen molar-refractivity contribution in [3.63, 3.8) is 0 Å². The molecule has 0 aromatic rings. The number of rotatable bonds is 10. The molecule has 22 heavy (non-hydrogen) atoms. The van der Waals surface area contributed by atoms with E-state index < -0.39 is 67.7 Å². The van der Waals surface area contributed by atoms with Crippen molar-refractivity contribution in [1.82, 2.24) is 0 Å². The van der Waals surface area contributed by atoms with Crippen molar-refractivity contribution in [2.75, 3.05) is 11.5 Å². The van der Waals surface area contributed by atoms with Crippen LogP contribution in [0.25, 0.3) is 0 Å². The highest BCUT2D eigenvalue weighted by molar-refractivity contribution is 7.86. The number of carboxylic acids is 2. The maximum Gasteiger partial charge on any atom is 0.332 e. The third kappa shape index (κ3) is 9.44. The number of hydrogen-bond acceptors (Lipinski definition) is 6. The first-order valence-corrected chi connectivity index (χ1v) is 9.14. The Hall–Kier alpha value is -1.50. The van der Waals surface area contributed by atoms with Crippen molar-refractivity contribution in [3.05, 3.63) is 11.1 Å². The minimum absolute atomic E-state index is 0.310. The van der Waals surface area contributed by atoms with Crippen molar-refractivity contribution < 1.29 is 45.7 Å². The summed E-state index contributed by atoms with van der Waals surface area (Å²) in [5.41, 5.74) is -1.15. The molecule has 0 unspecified atom stereocenters. The molecule has 0 rings (SSSR count). The van der Waals surface area contributed by atoms with Gasteiger partial charge in [-0.15, -0.1) is 0 Å². The first-order valence-electron chi connectivity index (χ1n) is 5.92. The largest absolute Gasteiger partial charge is 0.478 e. The fraction of sp³-hybridized carbons (Fsp3) is 0.600. The van der Waals surface area contributed by atoms with Gasteiger partial charge in [-0.1, -0.05) is 0 Å². The summed E-state index contributed by atoms with van der Waals surface area (Å²) in [5, 5.41) is 18.0. The van der Waals surface area contributed by atoms with E-state index >= 15 is 0 Å². The molecule has 0 aliphatic heterocycles. The van der Waals surface area contributed by atoms with E-state index in [9.17, 15) is 26.4 Å². The molecule has 12 heteroatoms. The van der Waals surface area contributed by atoms with Crippen molar-refractivity contribution >= 4 is 32.2 Å². The fourth-order valence-electron chi connectivity index (χ4n) is 1.64. The second-order valence-corrected chi connectivity index (χ2v) is 7.49. The van der Waals surface area contributed by atoms with Crippen LogP contribution in [0.15, 0.2) is 11.1 Å². The van der Waals surface area contributed by atoms with Gasteiger partial charge in [0.15, 0.2) is 0 Å². The van der Waals surface area contributed by atoms with Crippen molar-refractivity contribution in [2.24, 2.45) is 0 Å². The van der Waals surface area contributed by atoms with Gasteiger partial charge < -0.3 is 10.2 Å². The van der Waals surface area contributed by atoms with E-state index in [0.29, 0.717) is 0 Å². The smallest absolute Gasteiger partial charge is 0.332 e. The highest BCUT2D eigenvalue weighted by Gasteiger charge is 2.21. The molecule has 0 aliphatic carbocycles. The average molecular weight is 360 g/mol. The lowest BCUT2D eigenvalue weighted by molar-refractivity contribution is -0.136. The molecule has 0 radical (unpaired) electrons. The zero-order chi connectivity index (χ0) is 17.6. The maximum absolute atomic E-state index is 11.1. The normalized spacial score (nSPS) is 13.5. The molecular formula is C10H16O10S2. The van der Waals surface area contributed by atoms with Crippen molar-refractivity contribution in [1.29, 1.82) is 0 Å². The molecule has 0 spiro atoms. The number of aliphatic carboxylic acids is 2. The van der Waals surface area contributed by atoms with Crippen LogP contribution in [0.4, 0.5) is 0 Å². The predicted octanol–water partition coefficient (Wildman–Crippen LogP) is -0.212. The van der Waals surface area contributed by atoms with Crippen LogP contribution in [0.2, 0.25) is 0 Å². The molecule has 128 valence electrons. The Kier molecular flexibility index (Phi) is 7.66. The topological polar surface area (TPSA) is 183 Å². The first kappa shape index (κ1) is 20.5. The maximum atomic E-state index is 11.1. The number of hydrogen-bond donors (Lipinski definition) is 4. The SMILES string of the molecule is O=C(O)/C(CCCS(=O)(=O)O)=C(\CCCS(=O)(=O)O)C(=O)O. The van der Waals surface area contributed by atoms with E-state index in [1.165, 1.54) is 0 Å². The van der Waals surface area contributed by atoms with E-state index in [0.717, 1.165) is 0 Å². The molecule has 0 amide bonds. The average Bonchev–Trinajstić information content (AvgIpc) is 2.27. The van der Waals surface area contributed by atoms with Crippen LogP contribution in [0.1, 0.15) is 25.7 Å². The quantitative estimate of drug-likeness (QED) is 0.300. The number of carboxylic acid groups (broad SMARTS) is 2. The van der Waals surface area contributed by atoms with E-state index in [-0.39, 0.29) is 12.8 Å². The van der Waals surface area contributed by atoms with E-state index in [1.54, 1.807) is 0 Å². The zero-order valence-corrected chi connectivity index (χ0v) is 12.9. The van der Waals surface area contributed by atoms with Crippen LogP contribution in [-0.2, 0) is 29.8 Å². The highest BCUT2D eigenvalue weighted by Crippen LogP contribution is 2.18. The van der Waals surface area contributed by atoms with Gasteiger partial charge in [-0.3, -0.25) is 9.11 Å². The Balaban J connectivity index is 5.13. The van der Waals surface area contributed by atoms with Gasteiger partial charge in [0.25, 0.3) is 20.2 Å². The summed E-state index contributed by atoms with van der Waals surface area (Å²) >= 11 is 0. The monoisotopic (exact) mass is 360 g/mol. The van der Waals surface area contributed by atoms with Gasteiger partial charge in [0.05, 0.1) is 11.5 Å². The predicted molar refractivity (Wildman–Crippen MR) is 73.6 cm³/mol. The summed E-state index contributed by atoms with van der Waals surface area (Å²) in [5.74, 6) is -4.64. The summed E-state index contributed by atoms with van der Waals surface area (Å²) < 4.78 is 59.3. The van der Waals surface area contributed by atoms with E-state index in [1.807, 2.05) is 0 Å². The molecule has 0 bridgehead atoms. The Morgan fingerprint density at radius 2 is 0.955 bits per heavy atom. The Labute approximate surface area is 127 Å². The molecule has 0 aromatic heterocycles. The fourth-order valence-corrected chi connectivity index (χ4v) is 2.65. The van der Waals surface area contributed by atoms with E-state index in [4.69, 9.17) is 19.3 Å². The lowest BCUT2D eigenvalue weighted by Gasteiger charge is -2.08. The molecular weight excluding hydrogens is 344 g/mol. The number of carbonyl (C=O) groups is 2. The molecule has 0 saturated carbocycles. The molecule has 0 aromatic carbocycles. The van der Waals surface area contributed by atoms with Gasteiger partial charge in [0, 0.05) is 11.1 Å². The molecule has 0 saturated heterocycles. The van der Waals surface area contributed by atoms with Gasteiger partial charge in [-0.25, -0.2) is 9.59 Å². The molecule has 0 fully saturated rings. The summed E-state index contributed by atoms with van der Waals surface area (Å²) in [6.45, 7) is 0. The van der Waals surface area contributed by atoms with Gasteiger partial charge in [-0.05, 0) is 25.7 Å². The van der Waals surface area contributed by atoms with Gasteiger partial charge >= 0.3 is 11.9 Å². The minimum Gasteiger partial charge on any atom is -0.478 e. The summed E-state index contributed by atoms with van der Waals surface area (Å²) in [7, 11) is -8.61. The van der Waals surface area contributed by atoms with Crippen LogP contribution in [-0.4, -0.2) is 59.6 Å². The second-order valence-electron chi connectivity index (χ2n) is 4.35. The van der Waals surface area contributed by atoms with Crippen LogP contribution < -0.4 is 0 Å². The van der Waals surface area contributed by atoms with Gasteiger partial charge in [0.1, 0.15) is 0 Å². The molecule has 4 N–H and O–H groups in total. The van der Waals surface area contributed by atoms with Crippen LogP contribution in [0, 0.1) is 0 Å². The summed E-state index contributed by atoms with van der Waals surface area (Å²) in [6.07, 6.45) is -1.48. The minimum atomic E-state index is -4.30. The van der Waals surface area contributed by atoms with Crippen LogP contribution >= 0.6 is 0 Å². The second kappa shape index (κ2) is 8.22. The molecule has 0 atom stereocenters. The standard InChI is InChI=1S/C10H16O10S2/c11-9(12)7(3-1-5-21(15,16)17)8(10(13)14)4-2-6-22(18,19)20/h1-6H2,(H,11,12)(H,13,14)(H,15,16,17)(H,18,19,20)/b8-7+. The lowest BCUT2D eigenvalue weighted by Crippen LogP contribution is -2.14. The highest BCUT2D eigenvalue weighted by atomic mass is 32.2.